The number of carbonyl (C=O) groups excluding carboxylic acids is 4. The molecule has 0 saturated carbocycles. The maximum absolute atomic E-state index is 13.7. The SMILES string of the molecule is NC(=O)[C@H](CS)NN[C@@H](Cc1ccc(O)cc1)C(=O)N1C[C@H](C(N)=O)NC(=O)[C@@H]1CCCN=C(N)N. The van der Waals surface area contributed by atoms with Crippen molar-refractivity contribution in [2.75, 3.05) is 18.8 Å². The van der Waals surface area contributed by atoms with E-state index in [9.17, 15) is 24.3 Å². The van der Waals surface area contributed by atoms with Crippen LogP contribution in [0, 0.1) is 0 Å². The summed E-state index contributed by atoms with van der Waals surface area (Å²) in [4.78, 5) is 55.2. The van der Waals surface area contributed by atoms with Gasteiger partial charge in [-0.25, -0.2) is 10.9 Å². The highest BCUT2D eigenvalue weighted by Crippen LogP contribution is 2.18. The number of thiol groups is 1. The van der Waals surface area contributed by atoms with Crippen molar-refractivity contribution >= 4 is 42.2 Å². The van der Waals surface area contributed by atoms with Gasteiger partial charge in [-0.1, -0.05) is 12.1 Å². The van der Waals surface area contributed by atoms with Crippen LogP contribution >= 0.6 is 12.6 Å². The summed E-state index contributed by atoms with van der Waals surface area (Å²) < 4.78 is 0. The molecular formula is C21H33N9O5S. The first-order valence-corrected chi connectivity index (χ1v) is 11.8. The Kier molecular flexibility index (Phi) is 10.8. The number of phenols is 1. The Balaban J connectivity index is 2.31. The van der Waals surface area contributed by atoms with Crippen molar-refractivity contribution in [2.24, 2.45) is 27.9 Å². The summed E-state index contributed by atoms with van der Waals surface area (Å²) in [5, 5.41) is 12.1. The van der Waals surface area contributed by atoms with Gasteiger partial charge in [0.25, 0.3) is 0 Å². The van der Waals surface area contributed by atoms with E-state index in [1.165, 1.54) is 17.0 Å². The van der Waals surface area contributed by atoms with E-state index < -0.39 is 47.8 Å². The normalized spacial score (nSPS) is 19.1. The van der Waals surface area contributed by atoms with E-state index in [1.807, 2.05) is 0 Å². The van der Waals surface area contributed by atoms with Crippen molar-refractivity contribution in [1.82, 2.24) is 21.1 Å². The van der Waals surface area contributed by atoms with Gasteiger partial charge in [-0.05, 0) is 37.0 Å². The molecule has 1 aromatic rings. The zero-order valence-electron chi connectivity index (χ0n) is 19.6. The fraction of sp³-hybridized carbons (Fsp3) is 0.476. The lowest BCUT2D eigenvalue weighted by Gasteiger charge is -2.40. The van der Waals surface area contributed by atoms with Crippen LogP contribution in [0.2, 0.25) is 0 Å². The third kappa shape index (κ3) is 8.28. The van der Waals surface area contributed by atoms with Gasteiger partial charge >= 0.3 is 0 Å². The van der Waals surface area contributed by atoms with Gasteiger partial charge in [-0.2, -0.15) is 12.6 Å². The number of hydrogen-bond acceptors (Lipinski definition) is 9. The molecule has 0 aliphatic carbocycles. The number of primary amides is 2. The summed E-state index contributed by atoms with van der Waals surface area (Å²) in [6.07, 6.45) is 0.725. The summed E-state index contributed by atoms with van der Waals surface area (Å²) in [5.41, 5.74) is 27.7. The van der Waals surface area contributed by atoms with Crippen LogP contribution in [0.5, 0.6) is 5.75 Å². The molecular weight excluding hydrogens is 490 g/mol. The second-order valence-corrected chi connectivity index (χ2v) is 8.63. The molecule has 1 fully saturated rings. The highest BCUT2D eigenvalue weighted by Gasteiger charge is 2.41. The van der Waals surface area contributed by atoms with Gasteiger partial charge in [-0.3, -0.25) is 24.2 Å². The molecule has 1 aliphatic heterocycles. The number of aromatic hydroxyl groups is 1. The number of nitrogens with zero attached hydrogens (tertiary/aromatic N) is 2. The van der Waals surface area contributed by atoms with Gasteiger partial charge in [0.1, 0.15) is 29.9 Å². The van der Waals surface area contributed by atoms with Crippen LogP contribution in [0.15, 0.2) is 29.3 Å². The Bertz CT molecular complexity index is 971. The molecule has 0 spiro atoms. The van der Waals surface area contributed by atoms with Gasteiger partial charge in [0.05, 0.1) is 6.54 Å². The van der Waals surface area contributed by atoms with Crippen molar-refractivity contribution in [1.29, 1.82) is 0 Å². The third-order valence-electron chi connectivity index (χ3n) is 5.56. The number of nitrogens with one attached hydrogen (secondary N) is 3. The molecule has 198 valence electrons. The van der Waals surface area contributed by atoms with Crippen LogP contribution in [0.25, 0.3) is 0 Å². The minimum Gasteiger partial charge on any atom is -0.508 e. The molecule has 15 heteroatoms. The Morgan fingerprint density at radius 2 is 1.78 bits per heavy atom. The molecule has 0 aromatic heterocycles. The molecule has 1 aliphatic rings. The number of hydrogen-bond donors (Lipinski definition) is 9. The number of aliphatic imine (C=N–C) groups is 1. The van der Waals surface area contributed by atoms with Crippen molar-refractivity contribution in [2.45, 2.75) is 43.4 Å². The molecule has 0 unspecified atom stereocenters. The molecule has 1 heterocycles. The predicted molar refractivity (Wildman–Crippen MR) is 135 cm³/mol. The maximum atomic E-state index is 13.7. The molecule has 0 radical (unpaired) electrons. The number of hydrazine groups is 1. The van der Waals surface area contributed by atoms with Gasteiger partial charge in [0.2, 0.25) is 23.6 Å². The molecule has 2 rings (SSSR count). The number of guanidine groups is 1. The third-order valence-corrected chi connectivity index (χ3v) is 5.93. The zero-order chi connectivity index (χ0) is 26.8. The lowest BCUT2D eigenvalue weighted by Crippen LogP contribution is -2.67. The van der Waals surface area contributed by atoms with Gasteiger partial charge in [0.15, 0.2) is 5.96 Å². The monoisotopic (exact) mass is 523 g/mol. The topological polar surface area (TPSA) is 244 Å². The van der Waals surface area contributed by atoms with Crippen molar-refractivity contribution in [3.05, 3.63) is 29.8 Å². The molecule has 14 nitrogen and oxygen atoms in total. The molecule has 4 amide bonds. The summed E-state index contributed by atoms with van der Waals surface area (Å²) >= 11 is 4.08. The highest BCUT2D eigenvalue weighted by atomic mass is 32.1. The average Bonchev–Trinajstić information content (AvgIpc) is 2.82. The molecule has 0 bridgehead atoms. The van der Waals surface area contributed by atoms with E-state index >= 15 is 0 Å². The number of nitrogens with two attached hydrogens (primary N) is 4. The maximum Gasteiger partial charge on any atom is 0.243 e. The summed E-state index contributed by atoms with van der Waals surface area (Å²) in [7, 11) is 0. The van der Waals surface area contributed by atoms with Crippen LogP contribution < -0.4 is 39.1 Å². The lowest BCUT2D eigenvalue weighted by atomic mass is 9.99. The van der Waals surface area contributed by atoms with E-state index in [2.05, 4.69) is 33.8 Å². The van der Waals surface area contributed by atoms with Crippen molar-refractivity contribution in [3.8, 4) is 5.75 Å². The van der Waals surface area contributed by atoms with Crippen LogP contribution in [-0.4, -0.2) is 82.6 Å². The minimum absolute atomic E-state index is 0.0504. The standard InChI is InChI=1S/C21H33N9O5S/c22-17(32)14-9-30(16(19(34)27-14)2-1-7-26-21(24)25)20(35)13(28-29-15(10-36)18(23)33)8-11-3-5-12(31)6-4-11/h3-6,13-16,28-29,31,36H,1-2,7-10H2,(H2,22,32)(H2,23,33)(H,27,34)(H4,24,25,26)/t13-,14+,15-,16-/m0/s1. The van der Waals surface area contributed by atoms with E-state index in [-0.39, 0.29) is 43.4 Å². The highest BCUT2D eigenvalue weighted by molar-refractivity contribution is 7.80. The van der Waals surface area contributed by atoms with Crippen LogP contribution in [0.4, 0.5) is 0 Å². The predicted octanol–water partition coefficient (Wildman–Crippen LogP) is -3.58. The second-order valence-electron chi connectivity index (χ2n) is 8.27. The van der Waals surface area contributed by atoms with E-state index in [4.69, 9.17) is 22.9 Å². The van der Waals surface area contributed by atoms with E-state index in [1.54, 1.807) is 12.1 Å². The molecule has 4 atom stereocenters. The molecule has 1 saturated heterocycles. The molecule has 1 aromatic carbocycles. The van der Waals surface area contributed by atoms with Crippen molar-refractivity contribution < 1.29 is 24.3 Å². The number of rotatable bonds is 13. The van der Waals surface area contributed by atoms with Crippen LogP contribution in [0.1, 0.15) is 18.4 Å². The van der Waals surface area contributed by atoms with E-state index in [0.717, 1.165) is 0 Å². The number of amides is 4. The number of benzene rings is 1. The lowest BCUT2D eigenvalue weighted by molar-refractivity contribution is -0.148. The Hall–Kier alpha value is -3.56. The van der Waals surface area contributed by atoms with Crippen LogP contribution in [0.3, 0.4) is 0 Å². The first-order chi connectivity index (χ1) is 17.0. The first-order valence-electron chi connectivity index (χ1n) is 11.2. The quantitative estimate of drug-likeness (QED) is 0.0407. The average molecular weight is 524 g/mol. The second kappa shape index (κ2) is 13.5. The first kappa shape index (κ1) is 28.7. The van der Waals surface area contributed by atoms with E-state index in [0.29, 0.717) is 12.0 Å². The van der Waals surface area contributed by atoms with Crippen LogP contribution in [-0.2, 0) is 25.6 Å². The molecule has 12 N–H and O–H groups in total. The van der Waals surface area contributed by atoms with Crippen molar-refractivity contribution in [3.63, 3.8) is 0 Å². The van der Waals surface area contributed by atoms with Gasteiger partial charge in [-0.15, -0.1) is 0 Å². The fourth-order valence-electron chi connectivity index (χ4n) is 3.64. The number of phenolic OH excluding ortho intramolecular Hbond substituents is 1. The van der Waals surface area contributed by atoms with Gasteiger partial charge in [0, 0.05) is 12.3 Å². The fourth-order valence-corrected chi connectivity index (χ4v) is 3.91. The summed E-state index contributed by atoms with van der Waals surface area (Å²) in [6.45, 7) is 0.0960. The zero-order valence-corrected chi connectivity index (χ0v) is 20.5. The number of piperazine rings is 1. The minimum atomic E-state index is -1.08. The number of carbonyl (C=O) groups is 4. The van der Waals surface area contributed by atoms with Gasteiger partial charge < -0.3 is 38.3 Å². The summed E-state index contributed by atoms with van der Waals surface area (Å²) in [5.74, 6) is -2.51. The Morgan fingerprint density at radius 3 is 2.33 bits per heavy atom. The Labute approximate surface area is 213 Å². The largest absolute Gasteiger partial charge is 0.508 e. The Morgan fingerprint density at radius 1 is 1.14 bits per heavy atom. The smallest absolute Gasteiger partial charge is 0.243 e. The molecule has 36 heavy (non-hydrogen) atoms. The summed E-state index contributed by atoms with van der Waals surface area (Å²) in [6, 6.07) is 2.32.